The smallest absolute Gasteiger partial charge is 0.308 e. The number of rotatable bonds is 6. The van der Waals surface area contributed by atoms with Crippen LogP contribution in [0.1, 0.15) is 25.6 Å². The number of aromatic nitrogens is 3. The number of ether oxygens (including phenoxy) is 2. The summed E-state index contributed by atoms with van der Waals surface area (Å²) < 4.78 is 12.7. The molecule has 0 bridgehead atoms. The van der Waals surface area contributed by atoms with Gasteiger partial charge in [-0.15, -0.1) is 6.58 Å². The largest absolute Gasteiger partial charge is 0.854 e. The molecule has 9 nitrogen and oxygen atoms in total. The fourth-order valence-electron chi connectivity index (χ4n) is 3.90. The summed E-state index contributed by atoms with van der Waals surface area (Å²) in [4.78, 5) is 30.3. The molecule has 2 heterocycles. The first-order valence-corrected chi connectivity index (χ1v) is 12.2. The van der Waals surface area contributed by atoms with E-state index in [1.54, 1.807) is 47.4 Å². The average Bonchev–Trinajstić information content (AvgIpc) is 2.82. The summed E-state index contributed by atoms with van der Waals surface area (Å²) in [5, 5.41) is 18.1. The quantitative estimate of drug-likeness (QED) is 0.149. The maximum atomic E-state index is 13.2. The van der Waals surface area contributed by atoms with Crippen molar-refractivity contribution in [2.45, 2.75) is 25.2 Å². The SMILES string of the molecule is C=CCSc1nc([O-])c2[n+](n1)C(c1cc(Br)c(OC(C)=O)c(OC)c1)N(C(C)=O)c1ccccc1-2. The third kappa shape index (κ3) is 4.61. The van der Waals surface area contributed by atoms with E-state index >= 15 is 0 Å². The predicted molar refractivity (Wildman–Crippen MR) is 131 cm³/mol. The minimum atomic E-state index is -0.840. The first-order chi connectivity index (χ1) is 16.8. The number of benzene rings is 2. The Bertz CT molecular complexity index is 1350. The number of halogens is 1. The van der Waals surface area contributed by atoms with Crippen LogP contribution in [0.3, 0.4) is 0 Å². The van der Waals surface area contributed by atoms with Gasteiger partial charge in [0.1, 0.15) is 0 Å². The van der Waals surface area contributed by atoms with Gasteiger partial charge in [-0.05, 0) is 40.2 Å². The van der Waals surface area contributed by atoms with Crippen molar-refractivity contribution in [1.29, 1.82) is 0 Å². The molecule has 0 spiro atoms. The van der Waals surface area contributed by atoms with E-state index in [0.717, 1.165) is 0 Å². The summed E-state index contributed by atoms with van der Waals surface area (Å²) in [5.41, 5.74) is 1.92. The zero-order chi connectivity index (χ0) is 25.3. The zero-order valence-electron chi connectivity index (χ0n) is 19.1. The highest BCUT2D eigenvalue weighted by molar-refractivity contribution is 9.10. The van der Waals surface area contributed by atoms with E-state index in [4.69, 9.17) is 9.47 Å². The van der Waals surface area contributed by atoms with Crippen LogP contribution in [0.15, 0.2) is 58.7 Å². The number of carbonyl (C=O) groups excluding carboxylic acids is 2. The highest BCUT2D eigenvalue weighted by Crippen LogP contribution is 2.44. The van der Waals surface area contributed by atoms with Crippen molar-refractivity contribution >= 4 is 45.3 Å². The summed E-state index contributed by atoms with van der Waals surface area (Å²) in [6, 6.07) is 10.5. The number of nitrogens with zero attached hydrogens (tertiary/aromatic N) is 4. The first-order valence-electron chi connectivity index (χ1n) is 10.5. The molecule has 1 unspecified atom stereocenters. The topological polar surface area (TPSA) is 109 Å². The highest BCUT2D eigenvalue weighted by atomic mass is 79.9. The van der Waals surface area contributed by atoms with E-state index in [1.807, 2.05) is 0 Å². The summed E-state index contributed by atoms with van der Waals surface area (Å²) >= 11 is 4.71. The molecule has 2 aromatic carbocycles. The summed E-state index contributed by atoms with van der Waals surface area (Å²) in [6.07, 6.45) is 0.847. The number of methoxy groups -OCH3 is 1. The monoisotopic (exact) mass is 556 g/mol. The fraction of sp³-hybridized carbons (Fsp3) is 0.208. The number of esters is 1. The van der Waals surface area contributed by atoms with Crippen molar-refractivity contribution in [1.82, 2.24) is 10.1 Å². The normalized spacial score (nSPS) is 14.1. The van der Waals surface area contributed by atoms with Crippen molar-refractivity contribution in [3.05, 3.63) is 59.1 Å². The van der Waals surface area contributed by atoms with Gasteiger partial charge in [0, 0.05) is 24.7 Å². The molecular weight excluding hydrogens is 536 g/mol. The van der Waals surface area contributed by atoms with E-state index in [-0.39, 0.29) is 28.3 Å². The van der Waals surface area contributed by atoms with Gasteiger partial charge in [-0.3, -0.25) is 9.59 Å². The predicted octanol–water partition coefficient (Wildman–Crippen LogP) is 3.39. The number of para-hydroxylation sites is 1. The van der Waals surface area contributed by atoms with Crippen LogP contribution >= 0.6 is 27.7 Å². The van der Waals surface area contributed by atoms with Gasteiger partial charge in [0.25, 0.3) is 17.0 Å². The molecule has 0 radical (unpaired) electrons. The fourth-order valence-corrected chi connectivity index (χ4v) is 5.00. The van der Waals surface area contributed by atoms with E-state index in [0.29, 0.717) is 27.0 Å². The molecule has 0 saturated carbocycles. The molecule has 1 atom stereocenters. The van der Waals surface area contributed by atoms with Crippen molar-refractivity contribution in [3.63, 3.8) is 0 Å². The lowest BCUT2D eigenvalue weighted by molar-refractivity contribution is -0.764. The number of hydrogen-bond donors (Lipinski definition) is 0. The van der Waals surface area contributed by atoms with E-state index in [1.165, 1.54) is 37.4 Å². The summed E-state index contributed by atoms with van der Waals surface area (Å²) in [5.74, 6) is -0.255. The van der Waals surface area contributed by atoms with E-state index in [9.17, 15) is 14.7 Å². The molecule has 4 rings (SSSR count). The van der Waals surface area contributed by atoms with Gasteiger partial charge in [0.15, 0.2) is 11.5 Å². The second-order valence-electron chi connectivity index (χ2n) is 7.50. The van der Waals surface area contributed by atoms with Crippen molar-refractivity contribution in [2.75, 3.05) is 17.8 Å². The van der Waals surface area contributed by atoms with Gasteiger partial charge in [-0.1, -0.05) is 34.7 Å². The molecule has 0 saturated heterocycles. The highest BCUT2D eigenvalue weighted by Gasteiger charge is 2.44. The molecule has 3 aromatic rings. The Morgan fingerprint density at radius 1 is 1.31 bits per heavy atom. The molecule has 0 aliphatic carbocycles. The van der Waals surface area contributed by atoms with E-state index < -0.39 is 18.0 Å². The lowest BCUT2D eigenvalue weighted by Gasteiger charge is -2.33. The van der Waals surface area contributed by atoms with E-state index in [2.05, 4.69) is 32.6 Å². The molecule has 1 aromatic heterocycles. The van der Waals surface area contributed by atoms with Crippen molar-refractivity contribution < 1.29 is 28.9 Å². The zero-order valence-corrected chi connectivity index (χ0v) is 21.6. The Labute approximate surface area is 214 Å². The van der Waals surface area contributed by atoms with Crippen LogP contribution in [0.5, 0.6) is 17.4 Å². The maximum Gasteiger partial charge on any atom is 0.308 e. The standard InChI is InChI=1S/C24H21BrN4O5S/c1-5-10-35-24-26-22(32)20-16-8-6-7-9-18(16)28(13(2)30)23(29(20)27-24)15-11-17(25)21(34-14(3)31)19(12-15)33-4/h5-9,11-12,23H,1,10H2,2-4H3. The molecule has 0 N–H and O–H groups in total. The third-order valence-electron chi connectivity index (χ3n) is 5.18. The summed E-state index contributed by atoms with van der Waals surface area (Å²) in [6.45, 7) is 6.44. The second-order valence-corrected chi connectivity index (χ2v) is 9.34. The number of carbonyl (C=O) groups is 2. The van der Waals surface area contributed by atoms with Crippen LogP contribution in [0, 0.1) is 0 Å². The Kier molecular flexibility index (Phi) is 7.08. The molecule has 1 aliphatic heterocycles. The number of fused-ring (bicyclic) bond motifs is 3. The third-order valence-corrected chi connectivity index (χ3v) is 6.60. The maximum absolute atomic E-state index is 13.2. The molecular formula is C24H21BrN4O5S. The van der Waals surface area contributed by atoms with Gasteiger partial charge >= 0.3 is 5.97 Å². The van der Waals surface area contributed by atoms with Crippen LogP contribution < -0.4 is 24.2 Å². The Balaban J connectivity index is 2.02. The van der Waals surface area contributed by atoms with Crippen LogP contribution in [0.25, 0.3) is 11.3 Å². The molecule has 11 heteroatoms. The van der Waals surface area contributed by atoms with Crippen LogP contribution in [-0.4, -0.2) is 34.8 Å². The van der Waals surface area contributed by atoms with Gasteiger partial charge in [0.05, 0.1) is 34.3 Å². The lowest BCUT2D eigenvalue weighted by Crippen LogP contribution is -2.58. The van der Waals surface area contributed by atoms with Gasteiger partial charge in [-0.25, -0.2) is 9.88 Å². The van der Waals surface area contributed by atoms with Crippen molar-refractivity contribution in [2.24, 2.45) is 0 Å². The van der Waals surface area contributed by atoms with Gasteiger partial charge in [0.2, 0.25) is 5.91 Å². The Morgan fingerprint density at radius 3 is 2.71 bits per heavy atom. The molecule has 1 amide bonds. The second kappa shape index (κ2) is 10.0. The number of hydrogen-bond acceptors (Lipinski definition) is 8. The first kappa shape index (κ1) is 24.7. The Hall–Kier alpha value is -3.44. The Morgan fingerprint density at radius 2 is 2.06 bits per heavy atom. The number of anilines is 1. The van der Waals surface area contributed by atoms with Crippen LogP contribution in [0.4, 0.5) is 5.69 Å². The van der Waals surface area contributed by atoms with Gasteiger partial charge in [-0.2, -0.15) is 0 Å². The molecule has 1 aliphatic rings. The summed E-state index contributed by atoms with van der Waals surface area (Å²) in [7, 11) is 1.44. The molecule has 180 valence electrons. The number of amides is 1. The molecule has 0 fully saturated rings. The lowest BCUT2D eigenvalue weighted by atomic mass is 10.0. The van der Waals surface area contributed by atoms with Crippen molar-refractivity contribution in [3.8, 4) is 28.6 Å². The van der Waals surface area contributed by atoms with Gasteiger partial charge < -0.3 is 14.6 Å². The minimum absolute atomic E-state index is 0.203. The average molecular weight is 557 g/mol. The molecule has 35 heavy (non-hydrogen) atoms. The minimum Gasteiger partial charge on any atom is -0.854 e. The van der Waals surface area contributed by atoms with Crippen LogP contribution in [0.2, 0.25) is 0 Å². The number of thioether (sulfide) groups is 1. The van der Waals surface area contributed by atoms with Crippen LogP contribution in [-0.2, 0) is 9.59 Å².